The Bertz CT molecular complexity index is 1650. The van der Waals surface area contributed by atoms with E-state index in [0.29, 0.717) is 18.4 Å². The Morgan fingerprint density at radius 1 is 1.14 bits per heavy atom. The van der Waals surface area contributed by atoms with Crippen molar-refractivity contribution >= 4 is 34.4 Å². The lowest BCUT2D eigenvalue weighted by molar-refractivity contribution is -0.140. The Morgan fingerprint density at radius 3 is 2.55 bits per heavy atom. The molecule has 9 heteroatoms. The van der Waals surface area contributed by atoms with Gasteiger partial charge in [-0.25, -0.2) is 4.79 Å². The van der Waals surface area contributed by atoms with Crippen LogP contribution in [0.25, 0.3) is 10.8 Å². The summed E-state index contributed by atoms with van der Waals surface area (Å²) in [5.41, 5.74) is 1.40. The van der Waals surface area contributed by atoms with Gasteiger partial charge in [0.05, 0.1) is 19.8 Å². The summed E-state index contributed by atoms with van der Waals surface area (Å²) >= 11 is 0. The zero-order valence-electron chi connectivity index (χ0n) is 25.8. The van der Waals surface area contributed by atoms with E-state index < -0.39 is 35.3 Å². The number of carbonyl (C=O) groups excluding carboxylic acids is 3. The Hall–Kier alpha value is -4.39. The third kappa shape index (κ3) is 6.72. The van der Waals surface area contributed by atoms with Gasteiger partial charge >= 0.3 is 6.09 Å². The van der Waals surface area contributed by atoms with Gasteiger partial charge in [0.1, 0.15) is 17.7 Å². The van der Waals surface area contributed by atoms with Crippen LogP contribution in [0, 0.1) is 11.8 Å². The molecule has 0 radical (unpaired) electrons. The van der Waals surface area contributed by atoms with Crippen LogP contribution in [0.1, 0.15) is 50.8 Å². The fraction of sp³-hybridized carbons (Fsp3) is 0.400. The third-order valence-electron chi connectivity index (χ3n) is 7.98. The fourth-order valence-corrected chi connectivity index (χ4v) is 5.31. The van der Waals surface area contributed by atoms with Gasteiger partial charge in [0, 0.05) is 18.3 Å². The van der Waals surface area contributed by atoms with Crippen molar-refractivity contribution in [2.24, 2.45) is 0 Å². The summed E-state index contributed by atoms with van der Waals surface area (Å²) in [4.78, 5) is 43.2. The van der Waals surface area contributed by atoms with Crippen molar-refractivity contribution in [2.45, 2.75) is 70.4 Å². The first-order chi connectivity index (χ1) is 20.8. The number of anilines is 1. The predicted molar refractivity (Wildman–Crippen MR) is 168 cm³/mol. The van der Waals surface area contributed by atoms with Crippen molar-refractivity contribution in [3.63, 3.8) is 0 Å². The van der Waals surface area contributed by atoms with Crippen LogP contribution in [0.15, 0.2) is 60.7 Å². The average molecular weight is 598 g/mol. The second-order valence-corrected chi connectivity index (χ2v) is 12.5. The number of aryl methyl sites for hydroxylation is 1. The number of ether oxygens (including phenoxy) is 2. The molecule has 2 atom stereocenters. The standard InChI is InChI=1S/C35H39N3O6/c1-23(37(5)33(41)44-34(2,3)4)31(39)36-29-17-16-26-11-7-9-13-30(26)38(32(29)40)20-28-25(18-19-35(42)21-43-22-35)15-14-24-10-6-8-12-27(24)28/h6-15,23,29,42H,16-17,20-22H2,1-5H3,(H,36,39)/t23-,29-/m0/s1. The highest BCUT2D eigenvalue weighted by Crippen LogP contribution is 2.32. The van der Waals surface area contributed by atoms with E-state index in [1.54, 1.807) is 32.6 Å². The van der Waals surface area contributed by atoms with Crippen LogP contribution in [0.4, 0.5) is 10.5 Å². The molecule has 1 fully saturated rings. The van der Waals surface area contributed by atoms with Crippen molar-refractivity contribution in [1.29, 1.82) is 0 Å². The SMILES string of the molecule is C[C@@H](C(=O)N[C@H]1CCc2ccccc2N(Cc2c(C#CC3(O)COC3)ccc3ccccc23)C1=O)N(C)C(=O)OC(C)(C)C. The Kier molecular flexibility index (Phi) is 8.69. The maximum Gasteiger partial charge on any atom is 0.410 e. The van der Waals surface area contributed by atoms with Crippen LogP contribution in [-0.2, 0) is 32.0 Å². The van der Waals surface area contributed by atoms with Crippen molar-refractivity contribution < 1.29 is 29.0 Å². The van der Waals surface area contributed by atoms with Crippen LogP contribution in [0.3, 0.4) is 0 Å². The Labute approximate surface area is 258 Å². The molecule has 44 heavy (non-hydrogen) atoms. The van der Waals surface area contributed by atoms with Crippen molar-refractivity contribution in [1.82, 2.24) is 10.2 Å². The molecule has 0 aromatic heterocycles. The molecule has 0 aliphatic carbocycles. The molecule has 2 heterocycles. The van der Waals surface area contributed by atoms with E-state index in [9.17, 15) is 19.5 Å². The van der Waals surface area contributed by atoms with E-state index in [0.717, 1.165) is 27.6 Å². The van der Waals surface area contributed by atoms with Crippen LogP contribution in [-0.4, -0.2) is 71.5 Å². The number of rotatable bonds is 5. The number of para-hydroxylation sites is 1. The van der Waals surface area contributed by atoms with E-state index >= 15 is 0 Å². The number of nitrogens with one attached hydrogen (secondary N) is 1. The van der Waals surface area contributed by atoms with Crippen LogP contribution in [0.2, 0.25) is 0 Å². The van der Waals surface area contributed by atoms with E-state index in [-0.39, 0.29) is 25.7 Å². The molecule has 3 aromatic rings. The summed E-state index contributed by atoms with van der Waals surface area (Å²) in [6, 6.07) is 17.9. The molecule has 0 saturated carbocycles. The molecule has 0 unspecified atom stereocenters. The minimum atomic E-state index is -1.19. The first-order valence-corrected chi connectivity index (χ1v) is 14.8. The van der Waals surface area contributed by atoms with Gasteiger partial charge in [0.25, 0.3) is 0 Å². The van der Waals surface area contributed by atoms with Crippen molar-refractivity contribution in [2.75, 3.05) is 25.2 Å². The normalized spacial score (nSPS) is 18.2. The summed E-state index contributed by atoms with van der Waals surface area (Å²) in [5, 5.41) is 15.4. The highest BCUT2D eigenvalue weighted by Gasteiger charge is 2.36. The van der Waals surface area contributed by atoms with Crippen LogP contribution >= 0.6 is 0 Å². The minimum Gasteiger partial charge on any atom is -0.444 e. The van der Waals surface area contributed by atoms with Gasteiger partial charge in [-0.15, -0.1) is 0 Å². The summed E-state index contributed by atoms with van der Waals surface area (Å²) in [7, 11) is 1.50. The van der Waals surface area contributed by atoms with Gasteiger partial charge in [-0.3, -0.25) is 14.5 Å². The minimum absolute atomic E-state index is 0.157. The molecule has 0 spiro atoms. The van der Waals surface area contributed by atoms with E-state index in [2.05, 4.69) is 17.2 Å². The van der Waals surface area contributed by atoms with E-state index in [1.165, 1.54) is 11.9 Å². The van der Waals surface area contributed by atoms with Gasteiger partial charge < -0.3 is 24.8 Å². The molecule has 3 amide bonds. The van der Waals surface area contributed by atoms with Crippen molar-refractivity contribution in [3.05, 3.63) is 77.4 Å². The number of carbonyl (C=O) groups is 3. The number of nitrogens with zero attached hydrogens (tertiary/aromatic N) is 2. The first-order valence-electron chi connectivity index (χ1n) is 14.8. The number of amides is 3. The molecule has 2 aliphatic heterocycles. The number of hydrogen-bond donors (Lipinski definition) is 2. The summed E-state index contributed by atoms with van der Waals surface area (Å²) in [6.07, 6.45) is 0.356. The molecular weight excluding hydrogens is 558 g/mol. The summed E-state index contributed by atoms with van der Waals surface area (Å²) in [6.45, 7) is 7.40. The quantitative estimate of drug-likeness (QED) is 0.428. The molecular formula is C35H39N3O6. The lowest BCUT2D eigenvalue weighted by atomic mass is 9.96. The molecule has 2 aliphatic rings. The number of aliphatic hydroxyl groups is 1. The van der Waals surface area contributed by atoms with Crippen LogP contribution < -0.4 is 10.2 Å². The van der Waals surface area contributed by atoms with Gasteiger partial charge in [-0.2, -0.15) is 0 Å². The Morgan fingerprint density at radius 2 is 1.84 bits per heavy atom. The second-order valence-electron chi connectivity index (χ2n) is 12.5. The first kappa shape index (κ1) is 31.0. The summed E-state index contributed by atoms with van der Waals surface area (Å²) in [5.74, 6) is 5.40. The van der Waals surface area contributed by atoms with Crippen LogP contribution in [0.5, 0.6) is 0 Å². The highest BCUT2D eigenvalue weighted by molar-refractivity contribution is 6.02. The largest absolute Gasteiger partial charge is 0.444 e. The van der Waals surface area contributed by atoms with E-state index in [4.69, 9.17) is 9.47 Å². The third-order valence-corrected chi connectivity index (χ3v) is 7.98. The molecule has 3 aromatic carbocycles. The maximum atomic E-state index is 14.3. The molecule has 9 nitrogen and oxygen atoms in total. The zero-order valence-corrected chi connectivity index (χ0v) is 25.8. The monoisotopic (exact) mass is 597 g/mol. The number of hydrogen-bond acceptors (Lipinski definition) is 6. The highest BCUT2D eigenvalue weighted by atomic mass is 16.6. The molecule has 230 valence electrons. The molecule has 2 N–H and O–H groups in total. The number of benzene rings is 3. The van der Waals surface area contributed by atoms with Crippen molar-refractivity contribution in [3.8, 4) is 11.8 Å². The van der Waals surface area contributed by atoms with Gasteiger partial charge in [-0.05, 0) is 74.6 Å². The lowest BCUT2D eigenvalue weighted by Crippen LogP contribution is -2.54. The smallest absolute Gasteiger partial charge is 0.410 e. The summed E-state index contributed by atoms with van der Waals surface area (Å²) < 4.78 is 10.6. The van der Waals surface area contributed by atoms with Gasteiger partial charge in [0.2, 0.25) is 11.8 Å². The molecule has 0 bridgehead atoms. The van der Waals surface area contributed by atoms with Gasteiger partial charge in [-0.1, -0.05) is 60.4 Å². The fourth-order valence-electron chi connectivity index (χ4n) is 5.31. The molecule has 1 saturated heterocycles. The number of likely N-dealkylation sites (N-methyl/N-ethyl adjacent to an activating group) is 1. The molecule has 5 rings (SSSR count). The van der Waals surface area contributed by atoms with Gasteiger partial charge in [0.15, 0.2) is 5.60 Å². The average Bonchev–Trinajstić information content (AvgIpc) is 3.10. The number of fused-ring (bicyclic) bond motifs is 2. The Balaban J connectivity index is 1.47. The second kappa shape index (κ2) is 12.3. The zero-order chi connectivity index (χ0) is 31.6. The van der Waals surface area contributed by atoms with E-state index in [1.807, 2.05) is 60.7 Å². The topological polar surface area (TPSA) is 108 Å². The maximum absolute atomic E-state index is 14.3. The predicted octanol–water partition coefficient (Wildman–Crippen LogP) is 4.17. The lowest BCUT2D eigenvalue weighted by Gasteiger charge is -2.31.